The van der Waals surface area contributed by atoms with Crippen molar-refractivity contribution in [2.75, 3.05) is 26.4 Å². The summed E-state index contributed by atoms with van der Waals surface area (Å²) >= 11 is 0. The molecule has 6 aliphatic rings. The van der Waals surface area contributed by atoms with Crippen LogP contribution in [0.1, 0.15) is 12.8 Å². The number of ether oxygens (including phenoxy) is 5. The van der Waals surface area contributed by atoms with Crippen LogP contribution in [0.3, 0.4) is 0 Å². The standard InChI is InChI=1S/C12H18O5.C6H4/c1(7-3-13-7)9(11-5-15-11)17-10(12-6-16-12)2-8-4-14-8;1-2-6-4-3-5(1)6/h7-12H,1-6H2;1-4H. The predicted molar refractivity (Wildman–Crippen MR) is 82.3 cm³/mol. The molecule has 0 saturated carbocycles. The van der Waals surface area contributed by atoms with E-state index in [1.807, 2.05) is 0 Å². The van der Waals surface area contributed by atoms with Gasteiger partial charge in [0.05, 0.1) is 50.8 Å². The van der Waals surface area contributed by atoms with Crippen LogP contribution >= 0.6 is 0 Å². The fourth-order valence-corrected chi connectivity index (χ4v) is 2.94. The lowest BCUT2D eigenvalue weighted by Gasteiger charge is -2.22. The highest BCUT2D eigenvalue weighted by Crippen LogP contribution is 2.32. The summed E-state index contributed by atoms with van der Waals surface area (Å²) < 4.78 is 27.5. The van der Waals surface area contributed by atoms with Gasteiger partial charge < -0.3 is 23.7 Å². The van der Waals surface area contributed by atoms with E-state index in [4.69, 9.17) is 23.7 Å². The van der Waals surface area contributed by atoms with Crippen molar-refractivity contribution in [2.45, 2.75) is 49.5 Å². The van der Waals surface area contributed by atoms with Crippen molar-refractivity contribution >= 4 is 0 Å². The largest absolute Gasteiger partial charge is 0.373 e. The minimum Gasteiger partial charge on any atom is -0.373 e. The molecular formula is C18H22O5. The Bertz CT molecular complexity index is 494. The third-order valence-electron chi connectivity index (χ3n) is 4.91. The second-order valence-corrected chi connectivity index (χ2v) is 6.92. The van der Waals surface area contributed by atoms with E-state index in [0.717, 1.165) is 39.3 Å². The molecule has 0 amide bonds. The molecule has 0 aromatic heterocycles. The van der Waals surface area contributed by atoms with Crippen LogP contribution in [0.5, 0.6) is 0 Å². The molecule has 23 heavy (non-hydrogen) atoms. The summed E-state index contributed by atoms with van der Waals surface area (Å²) in [6.45, 7) is 3.41. The summed E-state index contributed by atoms with van der Waals surface area (Å²) in [5.74, 6) is 0. The molecule has 0 aromatic carbocycles. The minimum atomic E-state index is 0.176. The zero-order valence-corrected chi connectivity index (χ0v) is 13.1. The first-order valence-corrected chi connectivity index (χ1v) is 8.57. The molecule has 4 saturated heterocycles. The summed E-state index contributed by atoms with van der Waals surface area (Å²) in [5, 5.41) is 0. The lowest BCUT2D eigenvalue weighted by Crippen LogP contribution is -2.32. The zero-order valence-electron chi connectivity index (χ0n) is 13.1. The highest BCUT2D eigenvalue weighted by Gasteiger charge is 2.44. The van der Waals surface area contributed by atoms with Gasteiger partial charge in [-0.15, -0.1) is 0 Å². The van der Waals surface area contributed by atoms with Crippen molar-refractivity contribution in [3.8, 4) is 11.1 Å². The summed E-state index contributed by atoms with van der Waals surface area (Å²) in [6, 6.07) is 8.48. The van der Waals surface area contributed by atoms with Crippen LogP contribution in [0.2, 0.25) is 0 Å². The van der Waals surface area contributed by atoms with Crippen LogP contribution in [0.25, 0.3) is 11.1 Å². The quantitative estimate of drug-likeness (QED) is 0.695. The molecule has 5 nitrogen and oxygen atoms in total. The van der Waals surface area contributed by atoms with E-state index in [1.165, 1.54) is 11.1 Å². The molecule has 4 aliphatic heterocycles. The summed E-state index contributed by atoms with van der Waals surface area (Å²) in [7, 11) is 0. The van der Waals surface area contributed by atoms with Gasteiger partial charge in [0.15, 0.2) is 0 Å². The molecule has 124 valence electrons. The van der Waals surface area contributed by atoms with Gasteiger partial charge in [-0.2, -0.15) is 0 Å². The normalized spacial score (nSPS) is 36.3. The summed E-state index contributed by atoms with van der Waals surface area (Å²) in [4.78, 5) is 0. The van der Waals surface area contributed by atoms with E-state index in [9.17, 15) is 0 Å². The maximum atomic E-state index is 6.19. The SMILES string of the molecule is C1OC1CC(OC(CC1CO1)C1CO1)C1CO1.c1cc2ccc1-2. The third-order valence-corrected chi connectivity index (χ3v) is 4.91. The molecule has 0 aromatic rings. The average molecular weight is 318 g/mol. The van der Waals surface area contributed by atoms with E-state index < -0.39 is 0 Å². The Labute approximate surface area is 135 Å². The number of epoxide rings is 4. The fourth-order valence-electron chi connectivity index (χ4n) is 2.94. The minimum absolute atomic E-state index is 0.176. The Kier molecular flexibility index (Phi) is 3.64. The van der Waals surface area contributed by atoms with Crippen LogP contribution in [0, 0.1) is 0 Å². The van der Waals surface area contributed by atoms with Gasteiger partial charge in [0, 0.05) is 12.8 Å². The van der Waals surface area contributed by atoms with Gasteiger partial charge in [-0.05, 0) is 11.1 Å². The Morgan fingerprint density at radius 3 is 1.35 bits per heavy atom. The number of hydrogen-bond acceptors (Lipinski definition) is 5. The maximum Gasteiger partial charge on any atom is 0.107 e. The Hall–Kier alpha value is -0.980. The monoisotopic (exact) mass is 318 g/mol. The molecule has 4 fully saturated rings. The zero-order chi connectivity index (χ0) is 15.2. The molecule has 0 bridgehead atoms. The van der Waals surface area contributed by atoms with Crippen LogP contribution in [0.4, 0.5) is 0 Å². The molecule has 5 heteroatoms. The highest BCUT2D eigenvalue weighted by molar-refractivity contribution is 5.75. The molecule has 2 aliphatic carbocycles. The molecular weight excluding hydrogens is 296 g/mol. The predicted octanol–water partition coefficient (Wildman–Crippen LogP) is 1.78. The van der Waals surface area contributed by atoms with Gasteiger partial charge in [0.2, 0.25) is 0 Å². The van der Waals surface area contributed by atoms with E-state index in [0.29, 0.717) is 12.2 Å². The number of hydrogen-bond donors (Lipinski definition) is 0. The van der Waals surface area contributed by atoms with Crippen LogP contribution in [-0.2, 0) is 23.7 Å². The summed E-state index contributed by atoms with van der Waals surface area (Å²) in [5.41, 5.74) is 2.85. The van der Waals surface area contributed by atoms with Crippen molar-refractivity contribution in [3.63, 3.8) is 0 Å². The highest BCUT2D eigenvalue weighted by atomic mass is 16.6. The van der Waals surface area contributed by atoms with Crippen LogP contribution in [0.15, 0.2) is 24.3 Å². The Morgan fingerprint density at radius 1 is 0.739 bits per heavy atom. The summed E-state index contributed by atoms with van der Waals surface area (Å²) in [6.07, 6.45) is 3.61. The first-order chi connectivity index (χ1) is 11.3. The molecule has 6 unspecified atom stereocenters. The molecule has 0 spiro atoms. The smallest absolute Gasteiger partial charge is 0.107 e. The third kappa shape index (κ3) is 3.75. The average Bonchev–Trinajstić information content (AvgIpc) is 3.35. The second kappa shape index (κ2) is 5.83. The second-order valence-electron chi connectivity index (χ2n) is 6.92. The van der Waals surface area contributed by atoms with Gasteiger partial charge in [-0.1, -0.05) is 24.3 Å². The number of fused-ring (bicyclic) bond motifs is 1. The molecule has 0 N–H and O–H groups in total. The van der Waals surface area contributed by atoms with Crippen molar-refractivity contribution in [1.29, 1.82) is 0 Å². The van der Waals surface area contributed by atoms with Gasteiger partial charge in [-0.3, -0.25) is 0 Å². The van der Waals surface area contributed by atoms with Crippen molar-refractivity contribution in [3.05, 3.63) is 24.3 Å². The van der Waals surface area contributed by atoms with Crippen LogP contribution in [-0.4, -0.2) is 63.1 Å². The van der Waals surface area contributed by atoms with E-state index in [1.54, 1.807) is 0 Å². The number of rotatable bonds is 8. The van der Waals surface area contributed by atoms with E-state index >= 15 is 0 Å². The lowest BCUT2D eigenvalue weighted by molar-refractivity contribution is -0.0500. The van der Waals surface area contributed by atoms with Crippen molar-refractivity contribution < 1.29 is 23.7 Å². The van der Waals surface area contributed by atoms with E-state index in [-0.39, 0.29) is 24.4 Å². The van der Waals surface area contributed by atoms with Crippen molar-refractivity contribution in [1.82, 2.24) is 0 Å². The van der Waals surface area contributed by atoms with Gasteiger partial charge in [-0.25, -0.2) is 0 Å². The van der Waals surface area contributed by atoms with Crippen LogP contribution < -0.4 is 0 Å². The van der Waals surface area contributed by atoms with E-state index in [2.05, 4.69) is 24.3 Å². The number of benzene rings is 1. The Balaban J connectivity index is 0.000000169. The van der Waals surface area contributed by atoms with Gasteiger partial charge in [0.25, 0.3) is 0 Å². The van der Waals surface area contributed by atoms with Crippen molar-refractivity contribution in [2.24, 2.45) is 0 Å². The topological polar surface area (TPSA) is 59.4 Å². The lowest BCUT2D eigenvalue weighted by atomic mass is 9.95. The maximum absolute atomic E-state index is 6.19. The molecule has 0 radical (unpaired) electrons. The fraction of sp³-hybridized carbons (Fsp3) is 0.667. The first kappa shape index (κ1) is 14.4. The first-order valence-electron chi connectivity index (χ1n) is 8.57. The molecule has 6 rings (SSSR count). The Morgan fingerprint density at radius 2 is 1.13 bits per heavy atom. The van der Waals surface area contributed by atoms with Gasteiger partial charge in [0.1, 0.15) is 12.2 Å². The molecule has 6 atom stereocenters. The van der Waals surface area contributed by atoms with Gasteiger partial charge >= 0.3 is 0 Å². The molecule has 4 heterocycles.